The summed E-state index contributed by atoms with van der Waals surface area (Å²) < 4.78 is 5.05. The lowest BCUT2D eigenvalue weighted by Gasteiger charge is -2.17. The zero-order valence-electron chi connectivity index (χ0n) is 12.0. The van der Waals surface area contributed by atoms with Crippen LogP contribution in [0.15, 0.2) is 30.3 Å². The van der Waals surface area contributed by atoms with Crippen LogP contribution in [0.25, 0.3) is 0 Å². The van der Waals surface area contributed by atoms with Crippen molar-refractivity contribution in [2.75, 3.05) is 6.54 Å². The highest BCUT2D eigenvalue weighted by atomic mass is 16.5. The summed E-state index contributed by atoms with van der Waals surface area (Å²) in [6, 6.07) is 8.77. The molecule has 0 unspecified atom stereocenters. The predicted octanol–water partition coefficient (Wildman–Crippen LogP) is 1.22. The van der Waals surface area contributed by atoms with Gasteiger partial charge in [0.25, 0.3) is 0 Å². The third-order valence-corrected chi connectivity index (χ3v) is 3.21. The van der Waals surface area contributed by atoms with Gasteiger partial charge < -0.3 is 15.8 Å². The Morgan fingerprint density at radius 2 is 1.95 bits per heavy atom. The highest BCUT2D eigenvalue weighted by molar-refractivity contribution is 5.85. The van der Waals surface area contributed by atoms with Gasteiger partial charge in [0, 0.05) is 0 Å². The lowest BCUT2D eigenvalue weighted by atomic mass is 9.99. The van der Waals surface area contributed by atoms with Crippen LogP contribution in [0.4, 0.5) is 0 Å². The standard InChI is InChI=1S/C15H22N2O3/c1-3-11(2)14(16)15(19)17-9-13(18)20-10-12-7-5-4-6-8-12/h4-8,11,14H,3,9-10,16H2,1-2H3,(H,17,19)/t11-,14-/m0/s1. The van der Waals surface area contributed by atoms with Crippen LogP contribution in [0.2, 0.25) is 0 Å². The van der Waals surface area contributed by atoms with Crippen LogP contribution in [0.3, 0.4) is 0 Å². The van der Waals surface area contributed by atoms with Gasteiger partial charge in [-0.15, -0.1) is 0 Å². The SMILES string of the molecule is CC[C@H](C)[C@H](N)C(=O)NCC(=O)OCc1ccccc1. The van der Waals surface area contributed by atoms with E-state index in [1.54, 1.807) is 0 Å². The molecule has 0 aliphatic carbocycles. The number of carbonyl (C=O) groups excluding carboxylic acids is 2. The Morgan fingerprint density at radius 1 is 1.30 bits per heavy atom. The topological polar surface area (TPSA) is 81.4 Å². The van der Waals surface area contributed by atoms with Crippen molar-refractivity contribution in [3.8, 4) is 0 Å². The van der Waals surface area contributed by atoms with E-state index >= 15 is 0 Å². The monoisotopic (exact) mass is 278 g/mol. The van der Waals surface area contributed by atoms with E-state index in [4.69, 9.17) is 10.5 Å². The van der Waals surface area contributed by atoms with E-state index in [1.165, 1.54) is 0 Å². The number of hydrogen-bond donors (Lipinski definition) is 2. The van der Waals surface area contributed by atoms with Crippen molar-refractivity contribution in [2.24, 2.45) is 11.7 Å². The molecule has 0 aliphatic heterocycles. The highest BCUT2D eigenvalue weighted by Crippen LogP contribution is 2.05. The van der Waals surface area contributed by atoms with Crippen molar-refractivity contribution >= 4 is 11.9 Å². The number of ether oxygens (including phenoxy) is 1. The van der Waals surface area contributed by atoms with Crippen molar-refractivity contribution in [3.63, 3.8) is 0 Å². The fraction of sp³-hybridized carbons (Fsp3) is 0.467. The molecule has 0 fully saturated rings. The number of nitrogens with one attached hydrogen (secondary N) is 1. The number of benzene rings is 1. The lowest BCUT2D eigenvalue weighted by Crippen LogP contribution is -2.46. The molecule has 0 spiro atoms. The normalized spacial score (nSPS) is 13.3. The Kier molecular flexibility index (Phi) is 6.73. The van der Waals surface area contributed by atoms with Gasteiger partial charge in [-0.1, -0.05) is 50.6 Å². The molecule has 0 aliphatic rings. The summed E-state index contributed by atoms with van der Waals surface area (Å²) in [4.78, 5) is 23.2. The molecular formula is C15H22N2O3. The van der Waals surface area contributed by atoms with Gasteiger partial charge in [0.2, 0.25) is 5.91 Å². The van der Waals surface area contributed by atoms with Gasteiger partial charge in [-0.25, -0.2) is 0 Å². The van der Waals surface area contributed by atoms with Gasteiger partial charge in [-0.05, 0) is 11.5 Å². The molecule has 1 aromatic rings. The Morgan fingerprint density at radius 3 is 2.55 bits per heavy atom. The third-order valence-electron chi connectivity index (χ3n) is 3.21. The minimum Gasteiger partial charge on any atom is -0.460 e. The molecule has 0 bridgehead atoms. The Hall–Kier alpha value is -1.88. The summed E-state index contributed by atoms with van der Waals surface area (Å²) in [5.74, 6) is -0.718. The van der Waals surface area contributed by atoms with Crippen molar-refractivity contribution in [3.05, 3.63) is 35.9 Å². The summed E-state index contributed by atoms with van der Waals surface area (Å²) >= 11 is 0. The van der Waals surface area contributed by atoms with Gasteiger partial charge in [0.05, 0.1) is 6.04 Å². The zero-order valence-corrected chi connectivity index (χ0v) is 12.0. The van der Waals surface area contributed by atoms with Crippen molar-refractivity contribution in [2.45, 2.75) is 32.9 Å². The summed E-state index contributed by atoms with van der Waals surface area (Å²) in [5, 5.41) is 2.50. The predicted molar refractivity (Wildman–Crippen MR) is 76.7 cm³/mol. The molecule has 5 heteroatoms. The minimum atomic E-state index is -0.595. The molecule has 0 aromatic heterocycles. The quantitative estimate of drug-likeness (QED) is 0.735. The van der Waals surface area contributed by atoms with E-state index < -0.39 is 12.0 Å². The lowest BCUT2D eigenvalue weighted by molar-refractivity contribution is -0.145. The van der Waals surface area contributed by atoms with Gasteiger partial charge in [-0.3, -0.25) is 9.59 Å². The second-order valence-corrected chi connectivity index (χ2v) is 4.78. The van der Waals surface area contributed by atoms with Crippen LogP contribution in [-0.4, -0.2) is 24.5 Å². The van der Waals surface area contributed by atoms with E-state index in [1.807, 2.05) is 44.2 Å². The molecule has 1 aromatic carbocycles. The molecule has 0 saturated carbocycles. The first-order valence-corrected chi connectivity index (χ1v) is 6.77. The van der Waals surface area contributed by atoms with Crippen LogP contribution in [-0.2, 0) is 20.9 Å². The van der Waals surface area contributed by atoms with E-state index in [-0.39, 0.29) is 25.0 Å². The summed E-state index contributed by atoms with van der Waals surface area (Å²) in [6.07, 6.45) is 0.813. The third kappa shape index (κ3) is 5.40. The number of rotatable bonds is 7. The number of nitrogens with two attached hydrogens (primary N) is 1. The number of hydrogen-bond acceptors (Lipinski definition) is 4. The van der Waals surface area contributed by atoms with Gasteiger partial charge in [0.15, 0.2) is 0 Å². The van der Waals surface area contributed by atoms with E-state index in [9.17, 15) is 9.59 Å². The molecule has 1 amide bonds. The molecule has 0 saturated heterocycles. The maximum Gasteiger partial charge on any atom is 0.325 e. The van der Waals surface area contributed by atoms with Crippen molar-refractivity contribution in [1.82, 2.24) is 5.32 Å². The smallest absolute Gasteiger partial charge is 0.325 e. The maximum atomic E-state index is 11.7. The average molecular weight is 278 g/mol. The summed E-state index contributed by atoms with van der Waals surface area (Å²) in [7, 11) is 0. The molecule has 20 heavy (non-hydrogen) atoms. The van der Waals surface area contributed by atoms with Gasteiger partial charge in [-0.2, -0.15) is 0 Å². The second kappa shape index (κ2) is 8.32. The number of esters is 1. The largest absolute Gasteiger partial charge is 0.460 e. The zero-order chi connectivity index (χ0) is 15.0. The van der Waals surface area contributed by atoms with Crippen LogP contribution in [0, 0.1) is 5.92 Å². The molecule has 2 atom stereocenters. The average Bonchev–Trinajstić information content (AvgIpc) is 2.49. The van der Waals surface area contributed by atoms with Crippen LogP contribution >= 0.6 is 0 Å². The maximum absolute atomic E-state index is 11.7. The van der Waals surface area contributed by atoms with Gasteiger partial charge >= 0.3 is 5.97 Å². The fourth-order valence-electron chi connectivity index (χ4n) is 1.58. The van der Waals surface area contributed by atoms with Gasteiger partial charge in [0.1, 0.15) is 13.2 Å². The Balaban J connectivity index is 2.28. The summed E-state index contributed by atoms with van der Waals surface area (Å²) in [6.45, 7) is 3.91. The molecular weight excluding hydrogens is 256 g/mol. The minimum absolute atomic E-state index is 0.0790. The Labute approximate surface area is 119 Å². The molecule has 0 heterocycles. The first kappa shape index (κ1) is 16.2. The molecule has 3 N–H and O–H groups in total. The van der Waals surface area contributed by atoms with Crippen LogP contribution in [0.1, 0.15) is 25.8 Å². The molecule has 5 nitrogen and oxygen atoms in total. The number of carbonyl (C=O) groups is 2. The summed E-state index contributed by atoms with van der Waals surface area (Å²) in [5.41, 5.74) is 6.66. The first-order chi connectivity index (χ1) is 9.54. The molecule has 110 valence electrons. The van der Waals surface area contributed by atoms with E-state index in [2.05, 4.69) is 5.32 Å². The fourth-order valence-corrected chi connectivity index (χ4v) is 1.58. The highest BCUT2D eigenvalue weighted by Gasteiger charge is 2.19. The van der Waals surface area contributed by atoms with Crippen molar-refractivity contribution in [1.29, 1.82) is 0 Å². The first-order valence-electron chi connectivity index (χ1n) is 6.77. The molecule has 0 radical (unpaired) electrons. The second-order valence-electron chi connectivity index (χ2n) is 4.78. The van der Waals surface area contributed by atoms with E-state index in [0.29, 0.717) is 0 Å². The van der Waals surface area contributed by atoms with Crippen LogP contribution in [0.5, 0.6) is 0 Å². The van der Waals surface area contributed by atoms with Crippen LogP contribution < -0.4 is 11.1 Å². The van der Waals surface area contributed by atoms with E-state index in [0.717, 1.165) is 12.0 Å². The number of amides is 1. The Bertz CT molecular complexity index is 434. The molecule has 1 rings (SSSR count). The van der Waals surface area contributed by atoms with Crippen molar-refractivity contribution < 1.29 is 14.3 Å².